The summed E-state index contributed by atoms with van der Waals surface area (Å²) in [5.41, 5.74) is 18.2. The van der Waals surface area contributed by atoms with Crippen LogP contribution in [0.3, 0.4) is 0 Å². The molecular formula is C40H54N8O6. The molecule has 2 aromatic carbocycles. The highest BCUT2D eigenvalue weighted by Gasteiger charge is 2.32. The molecule has 0 unspecified atom stereocenters. The Morgan fingerprint density at radius 1 is 0.574 bits per heavy atom. The van der Waals surface area contributed by atoms with Crippen molar-refractivity contribution in [2.24, 2.45) is 35.1 Å². The number of amides is 2. The van der Waals surface area contributed by atoms with E-state index in [0.717, 1.165) is 44.8 Å². The van der Waals surface area contributed by atoms with Gasteiger partial charge >= 0.3 is 24.1 Å². The van der Waals surface area contributed by atoms with Crippen LogP contribution >= 0.6 is 0 Å². The van der Waals surface area contributed by atoms with Crippen molar-refractivity contribution >= 4 is 24.1 Å². The van der Waals surface area contributed by atoms with E-state index in [2.05, 4.69) is 73.4 Å². The maximum Gasteiger partial charge on any atom is 0.412 e. The molecule has 4 rings (SSSR count). The second-order valence-corrected chi connectivity index (χ2v) is 15.1. The number of H-pyrrole nitrogens is 2. The molecule has 4 aromatic rings. The molecule has 0 saturated carbocycles. The first-order valence-electron chi connectivity index (χ1n) is 18.2. The smallest absolute Gasteiger partial charge is 0.375 e. The number of nitrogens with one attached hydrogen (secondary N) is 4. The number of nitrogens with two attached hydrogens (primary N) is 2. The summed E-state index contributed by atoms with van der Waals surface area (Å²) in [7, 11) is 0. The molecule has 0 fully saturated rings. The molecule has 8 N–H and O–H groups in total. The van der Waals surface area contributed by atoms with Gasteiger partial charge in [-0.2, -0.15) is 0 Å². The quantitative estimate of drug-likeness (QED) is 0.0565. The largest absolute Gasteiger partial charge is 0.412 e. The average Bonchev–Trinajstić information content (AvgIpc) is 3.76. The summed E-state index contributed by atoms with van der Waals surface area (Å²) in [6.07, 6.45) is 1.29. The number of esters is 2. The van der Waals surface area contributed by atoms with Gasteiger partial charge in [0.2, 0.25) is 0 Å². The molecule has 0 bridgehead atoms. The van der Waals surface area contributed by atoms with E-state index in [4.69, 9.17) is 16.2 Å². The number of benzene rings is 2. The summed E-state index contributed by atoms with van der Waals surface area (Å²) in [6, 6.07) is 10.2. The van der Waals surface area contributed by atoms with Crippen LogP contribution in [-0.4, -0.2) is 56.1 Å². The number of rotatable bonds is 15. The number of imidazole rings is 2. The van der Waals surface area contributed by atoms with Gasteiger partial charge in [0, 0.05) is 5.56 Å². The van der Waals surface area contributed by atoms with Crippen molar-refractivity contribution < 1.29 is 28.7 Å². The summed E-state index contributed by atoms with van der Waals surface area (Å²) in [5, 5.41) is 6.64. The number of aromatic amines is 2. The normalized spacial score (nSPS) is 14.0. The van der Waals surface area contributed by atoms with E-state index in [1.54, 1.807) is 12.4 Å². The number of hydrogen-bond donors (Lipinski definition) is 6. The number of aromatic nitrogens is 4. The van der Waals surface area contributed by atoms with Gasteiger partial charge in [0.25, 0.3) is 0 Å². The van der Waals surface area contributed by atoms with Crippen LogP contribution in [0.2, 0.25) is 0 Å². The Morgan fingerprint density at radius 3 is 1.39 bits per heavy atom. The molecule has 2 amide bonds. The first-order valence-corrected chi connectivity index (χ1v) is 18.2. The predicted octanol–water partition coefficient (Wildman–Crippen LogP) is 6.62. The van der Waals surface area contributed by atoms with Crippen molar-refractivity contribution in [3.63, 3.8) is 0 Å². The van der Waals surface area contributed by atoms with Crippen molar-refractivity contribution in [1.29, 1.82) is 0 Å². The second-order valence-electron chi connectivity index (χ2n) is 15.1. The van der Waals surface area contributed by atoms with Gasteiger partial charge in [0.1, 0.15) is 23.7 Å². The lowest BCUT2D eigenvalue weighted by molar-refractivity contribution is -0.142. The molecule has 14 heteroatoms. The van der Waals surface area contributed by atoms with Crippen LogP contribution in [0.1, 0.15) is 90.2 Å². The Balaban J connectivity index is 1.54. The van der Waals surface area contributed by atoms with E-state index >= 15 is 0 Å². The van der Waals surface area contributed by atoms with Gasteiger partial charge in [-0.05, 0) is 65.3 Å². The summed E-state index contributed by atoms with van der Waals surface area (Å²) in [6.45, 7) is 19.7. The maximum absolute atomic E-state index is 12.6. The minimum absolute atomic E-state index is 0.0546. The van der Waals surface area contributed by atoms with Gasteiger partial charge in [-0.3, -0.25) is 10.6 Å². The third-order valence-corrected chi connectivity index (χ3v) is 9.66. The average molecular weight is 743 g/mol. The fraction of sp³-hybridized carbons (Fsp3) is 0.450. The molecule has 14 nitrogen and oxygen atoms in total. The van der Waals surface area contributed by atoms with Crippen molar-refractivity contribution in [1.82, 2.24) is 30.6 Å². The fourth-order valence-electron chi connectivity index (χ4n) is 6.48. The van der Waals surface area contributed by atoms with Gasteiger partial charge in [0.15, 0.2) is 0 Å². The van der Waals surface area contributed by atoms with E-state index in [1.165, 1.54) is 0 Å². The Morgan fingerprint density at radius 2 is 0.963 bits per heavy atom. The lowest BCUT2D eigenvalue weighted by Gasteiger charge is -2.27. The molecule has 0 saturated heterocycles. The van der Waals surface area contributed by atoms with Crippen molar-refractivity contribution in [2.45, 2.75) is 93.4 Å². The SMILES string of the molecule is Cc1c(-c2ccc(-c3cnc([C@@H](N[C@H](C(=O)OC(N)=O)C(C)C)C(C)C)[nH]3)cc2)ccc(-c2cnc([C@@H](N[C@H](C(=O)OC(N)=O)C(C)C)C(C)C)[nH]2)c1C. The molecule has 4 atom stereocenters. The van der Waals surface area contributed by atoms with Gasteiger partial charge in [-0.1, -0.05) is 91.8 Å². The maximum atomic E-state index is 12.6. The Hall–Kier alpha value is -5.34. The highest BCUT2D eigenvalue weighted by Crippen LogP contribution is 2.34. The minimum Gasteiger partial charge on any atom is -0.375 e. The number of primary amides is 2. The van der Waals surface area contributed by atoms with Gasteiger partial charge < -0.3 is 30.9 Å². The van der Waals surface area contributed by atoms with Crippen molar-refractivity contribution in [3.05, 3.63) is 71.6 Å². The zero-order valence-corrected chi connectivity index (χ0v) is 32.7. The van der Waals surface area contributed by atoms with E-state index in [1.807, 2.05) is 67.5 Å². The van der Waals surface area contributed by atoms with E-state index in [-0.39, 0.29) is 35.8 Å². The molecular weight excluding hydrogens is 688 g/mol. The van der Waals surface area contributed by atoms with Crippen molar-refractivity contribution in [2.75, 3.05) is 0 Å². The molecule has 0 radical (unpaired) electrons. The zero-order valence-electron chi connectivity index (χ0n) is 32.7. The first-order chi connectivity index (χ1) is 25.4. The van der Waals surface area contributed by atoms with Crippen LogP contribution in [-0.2, 0) is 19.1 Å². The van der Waals surface area contributed by atoms with Gasteiger partial charge in [-0.15, -0.1) is 0 Å². The highest BCUT2D eigenvalue weighted by atomic mass is 16.6. The van der Waals surface area contributed by atoms with Crippen LogP contribution < -0.4 is 22.1 Å². The molecule has 0 aliphatic carbocycles. The third kappa shape index (κ3) is 9.79. The fourth-order valence-corrected chi connectivity index (χ4v) is 6.48. The summed E-state index contributed by atoms with van der Waals surface area (Å²) < 4.78 is 9.38. The van der Waals surface area contributed by atoms with Crippen LogP contribution in [0.5, 0.6) is 0 Å². The summed E-state index contributed by atoms with van der Waals surface area (Å²) in [4.78, 5) is 63.9. The van der Waals surface area contributed by atoms with Crippen LogP contribution in [0.25, 0.3) is 33.6 Å². The monoisotopic (exact) mass is 742 g/mol. The summed E-state index contributed by atoms with van der Waals surface area (Å²) in [5.74, 6) is -0.342. The van der Waals surface area contributed by atoms with Crippen LogP contribution in [0, 0.1) is 37.5 Å². The first kappa shape index (κ1) is 41.4. The lowest BCUT2D eigenvalue weighted by Crippen LogP contribution is -2.46. The topological polar surface area (TPSA) is 220 Å². The predicted molar refractivity (Wildman–Crippen MR) is 207 cm³/mol. The molecule has 2 aromatic heterocycles. The van der Waals surface area contributed by atoms with Crippen LogP contribution in [0.15, 0.2) is 48.8 Å². The van der Waals surface area contributed by atoms with Crippen molar-refractivity contribution in [3.8, 4) is 33.6 Å². The highest BCUT2D eigenvalue weighted by molar-refractivity contribution is 5.88. The second kappa shape index (κ2) is 17.7. The number of ether oxygens (including phenoxy) is 2. The molecule has 0 aliphatic rings. The van der Waals surface area contributed by atoms with E-state index in [0.29, 0.717) is 11.6 Å². The van der Waals surface area contributed by atoms with Gasteiger partial charge in [0.05, 0.1) is 35.9 Å². The number of nitrogens with zero attached hydrogens (tertiary/aromatic N) is 2. The summed E-state index contributed by atoms with van der Waals surface area (Å²) >= 11 is 0. The molecule has 54 heavy (non-hydrogen) atoms. The number of carbonyl (C=O) groups is 4. The zero-order chi connectivity index (χ0) is 40.0. The molecule has 2 heterocycles. The Kier molecular flexibility index (Phi) is 13.5. The number of hydrogen-bond acceptors (Lipinski definition) is 10. The van der Waals surface area contributed by atoms with E-state index < -0.39 is 36.2 Å². The molecule has 0 spiro atoms. The lowest BCUT2D eigenvalue weighted by atomic mass is 9.92. The molecule has 0 aliphatic heterocycles. The number of carbonyl (C=O) groups excluding carboxylic acids is 4. The standard InChI is InChI=1S/C40H54N8O6/c1-19(2)31(47-33(21(5)6)37(49)53-39(41)51)35-43-17-29(45-35)26-13-11-25(12-14-26)27-15-16-28(24(10)23(27)9)30-18-44-36(46-30)32(20(3)4)48-34(22(7)8)38(50)54-40(42)52/h11-22,31-34,47-48H,1-10H3,(H2,41,51)(H2,42,52)(H,43,45)(H,44,46)/t31-,32-,33-,34-/m0/s1. The van der Waals surface area contributed by atoms with Crippen LogP contribution in [0.4, 0.5) is 9.59 Å². The third-order valence-electron chi connectivity index (χ3n) is 9.66. The minimum atomic E-state index is -1.14. The molecule has 290 valence electrons. The Labute approximate surface area is 316 Å². The van der Waals surface area contributed by atoms with E-state index in [9.17, 15) is 19.2 Å². The Bertz CT molecular complexity index is 1950. The van der Waals surface area contributed by atoms with Gasteiger partial charge in [-0.25, -0.2) is 29.1 Å².